The molecule has 0 aliphatic heterocycles. The molecule has 0 unspecified atom stereocenters. The van der Waals surface area contributed by atoms with Crippen LogP contribution in [0.2, 0.25) is 0 Å². The number of benzene rings is 1. The Morgan fingerprint density at radius 1 is 1.44 bits per heavy atom. The number of rotatable bonds is 4. The van der Waals surface area contributed by atoms with E-state index >= 15 is 0 Å². The molecule has 0 radical (unpaired) electrons. The third kappa shape index (κ3) is 2.76. The van der Waals surface area contributed by atoms with Gasteiger partial charge in [-0.3, -0.25) is 0 Å². The summed E-state index contributed by atoms with van der Waals surface area (Å²) < 4.78 is 23.0. The number of nitrogens with one attached hydrogen (secondary N) is 1. The van der Waals surface area contributed by atoms with E-state index < -0.39 is 9.84 Å². The van der Waals surface area contributed by atoms with E-state index in [0.717, 1.165) is 19.1 Å². The maximum absolute atomic E-state index is 11.5. The topological polar surface area (TPSA) is 92.4 Å². The van der Waals surface area contributed by atoms with Crippen molar-refractivity contribution in [2.24, 2.45) is 5.92 Å². The Morgan fingerprint density at radius 3 is 2.67 bits per heavy atom. The largest absolute Gasteiger partial charge is 0.396 e. The van der Waals surface area contributed by atoms with Gasteiger partial charge >= 0.3 is 0 Å². The van der Waals surface area contributed by atoms with Crippen LogP contribution in [0.15, 0.2) is 23.1 Å². The first-order chi connectivity index (χ1) is 8.38. The molecule has 1 saturated carbocycles. The van der Waals surface area contributed by atoms with Gasteiger partial charge in [-0.2, -0.15) is 0 Å². The summed E-state index contributed by atoms with van der Waals surface area (Å²) in [5, 5.41) is 12.3. The SMILES string of the molecule is CS(=O)(=O)c1cccc(NCC2CC(O)C2)c1N. The first kappa shape index (κ1) is 13.2. The van der Waals surface area contributed by atoms with Gasteiger partial charge in [0.25, 0.3) is 0 Å². The summed E-state index contributed by atoms with van der Waals surface area (Å²) in [6, 6.07) is 4.94. The first-order valence-electron chi connectivity index (χ1n) is 5.88. The average molecular weight is 270 g/mol. The van der Waals surface area contributed by atoms with Crippen LogP contribution in [0, 0.1) is 5.92 Å². The van der Waals surface area contributed by atoms with Gasteiger partial charge in [-0.15, -0.1) is 0 Å². The highest BCUT2D eigenvalue weighted by Crippen LogP contribution is 2.30. The Morgan fingerprint density at radius 2 is 2.11 bits per heavy atom. The lowest BCUT2D eigenvalue weighted by molar-refractivity contribution is 0.0487. The van der Waals surface area contributed by atoms with Crippen molar-refractivity contribution in [1.29, 1.82) is 0 Å². The zero-order chi connectivity index (χ0) is 13.3. The summed E-state index contributed by atoms with van der Waals surface area (Å²) >= 11 is 0. The molecule has 1 aromatic carbocycles. The summed E-state index contributed by atoms with van der Waals surface area (Å²) in [5.41, 5.74) is 6.75. The lowest BCUT2D eigenvalue weighted by Gasteiger charge is -2.31. The Kier molecular flexibility index (Phi) is 3.49. The number of nitrogen functional groups attached to an aromatic ring is 1. The van der Waals surface area contributed by atoms with E-state index in [1.165, 1.54) is 6.07 Å². The number of hydrogen-bond acceptors (Lipinski definition) is 5. The fraction of sp³-hybridized carbons (Fsp3) is 0.500. The molecule has 100 valence electrons. The van der Waals surface area contributed by atoms with Crippen LogP contribution >= 0.6 is 0 Å². The number of para-hydroxylation sites is 1. The van der Waals surface area contributed by atoms with Crippen molar-refractivity contribution in [1.82, 2.24) is 0 Å². The maximum atomic E-state index is 11.5. The van der Waals surface area contributed by atoms with Gasteiger partial charge in [0.15, 0.2) is 9.84 Å². The zero-order valence-corrected chi connectivity index (χ0v) is 11.1. The van der Waals surface area contributed by atoms with E-state index in [9.17, 15) is 13.5 Å². The van der Waals surface area contributed by atoms with Crippen LogP contribution in [-0.4, -0.2) is 32.4 Å². The van der Waals surface area contributed by atoms with Crippen LogP contribution in [0.1, 0.15) is 12.8 Å². The number of aliphatic hydroxyl groups is 1. The Balaban J connectivity index is 2.09. The quantitative estimate of drug-likeness (QED) is 0.706. The number of hydrogen-bond donors (Lipinski definition) is 3. The van der Waals surface area contributed by atoms with Crippen LogP contribution in [0.4, 0.5) is 11.4 Å². The van der Waals surface area contributed by atoms with Crippen molar-refractivity contribution < 1.29 is 13.5 Å². The minimum atomic E-state index is -3.30. The minimum Gasteiger partial charge on any atom is -0.396 e. The molecule has 0 atom stereocenters. The summed E-state index contributed by atoms with van der Waals surface area (Å²) in [4.78, 5) is 0.154. The smallest absolute Gasteiger partial charge is 0.177 e. The molecule has 1 aliphatic rings. The zero-order valence-electron chi connectivity index (χ0n) is 10.3. The predicted molar refractivity (Wildman–Crippen MR) is 71.2 cm³/mol. The van der Waals surface area contributed by atoms with Gasteiger partial charge < -0.3 is 16.2 Å². The van der Waals surface area contributed by atoms with Gasteiger partial charge in [0.2, 0.25) is 0 Å². The van der Waals surface area contributed by atoms with Crippen LogP contribution in [0.25, 0.3) is 0 Å². The summed E-state index contributed by atoms with van der Waals surface area (Å²) in [6.45, 7) is 0.703. The van der Waals surface area contributed by atoms with Gasteiger partial charge in [-0.25, -0.2) is 8.42 Å². The molecule has 18 heavy (non-hydrogen) atoms. The Bertz CT molecular complexity index is 536. The number of nitrogens with two attached hydrogens (primary N) is 1. The molecule has 5 nitrogen and oxygen atoms in total. The number of sulfone groups is 1. The molecule has 0 heterocycles. The molecule has 2 rings (SSSR count). The van der Waals surface area contributed by atoms with Gasteiger partial charge in [0.1, 0.15) is 0 Å². The lowest BCUT2D eigenvalue weighted by Crippen LogP contribution is -2.33. The molecule has 0 bridgehead atoms. The second-order valence-electron chi connectivity index (χ2n) is 4.86. The fourth-order valence-electron chi connectivity index (χ4n) is 2.14. The van der Waals surface area contributed by atoms with Crippen LogP contribution in [0.5, 0.6) is 0 Å². The summed E-state index contributed by atoms with van der Waals surface area (Å²) in [5.74, 6) is 0.432. The second-order valence-corrected chi connectivity index (χ2v) is 6.85. The van der Waals surface area contributed by atoms with Gasteiger partial charge in [0.05, 0.1) is 22.4 Å². The van der Waals surface area contributed by atoms with Crippen molar-refractivity contribution in [3.63, 3.8) is 0 Å². The molecular weight excluding hydrogens is 252 g/mol. The van der Waals surface area contributed by atoms with Crippen LogP contribution in [0.3, 0.4) is 0 Å². The van der Waals surface area contributed by atoms with Crippen molar-refractivity contribution in [2.45, 2.75) is 23.8 Å². The highest BCUT2D eigenvalue weighted by Gasteiger charge is 2.26. The van der Waals surface area contributed by atoms with E-state index in [4.69, 9.17) is 5.73 Å². The molecule has 4 N–H and O–H groups in total. The molecule has 1 aliphatic carbocycles. The van der Waals surface area contributed by atoms with Gasteiger partial charge in [0, 0.05) is 12.8 Å². The van der Waals surface area contributed by atoms with Crippen LogP contribution < -0.4 is 11.1 Å². The van der Waals surface area contributed by atoms with Gasteiger partial charge in [-0.1, -0.05) is 6.07 Å². The molecule has 0 amide bonds. The second kappa shape index (κ2) is 4.78. The van der Waals surface area contributed by atoms with Crippen molar-refractivity contribution in [3.05, 3.63) is 18.2 Å². The summed E-state index contributed by atoms with van der Waals surface area (Å²) in [6.07, 6.45) is 2.54. The van der Waals surface area contributed by atoms with Crippen LogP contribution in [-0.2, 0) is 9.84 Å². The predicted octanol–water partition coefficient (Wildman–Crippen LogP) is 0.855. The first-order valence-corrected chi connectivity index (χ1v) is 7.77. The Hall–Kier alpha value is -1.27. The monoisotopic (exact) mass is 270 g/mol. The minimum absolute atomic E-state index is 0.154. The van der Waals surface area contributed by atoms with E-state index in [1.54, 1.807) is 12.1 Å². The third-order valence-corrected chi connectivity index (χ3v) is 4.41. The van der Waals surface area contributed by atoms with Gasteiger partial charge in [-0.05, 0) is 30.9 Å². The van der Waals surface area contributed by atoms with E-state index in [0.29, 0.717) is 18.2 Å². The van der Waals surface area contributed by atoms with E-state index in [-0.39, 0.29) is 16.7 Å². The maximum Gasteiger partial charge on any atom is 0.177 e. The normalized spacial score (nSPS) is 23.4. The lowest BCUT2D eigenvalue weighted by atomic mass is 9.82. The fourth-order valence-corrected chi connectivity index (χ4v) is 2.98. The third-order valence-electron chi connectivity index (χ3n) is 3.26. The standard InChI is InChI=1S/C12H18N2O3S/c1-18(16,17)11-4-2-3-10(12(11)13)14-7-8-5-9(15)6-8/h2-4,8-9,14-15H,5-7,13H2,1H3. The van der Waals surface area contributed by atoms with Crippen molar-refractivity contribution in [2.75, 3.05) is 23.9 Å². The van der Waals surface area contributed by atoms with E-state index in [1.807, 2.05) is 0 Å². The van der Waals surface area contributed by atoms with E-state index in [2.05, 4.69) is 5.32 Å². The van der Waals surface area contributed by atoms with Crippen molar-refractivity contribution >= 4 is 21.2 Å². The molecule has 0 saturated heterocycles. The molecule has 1 aromatic rings. The molecule has 6 heteroatoms. The molecule has 0 aromatic heterocycles. The highest BCUT2D eigenvalue weighted by molar-refractivity contribution is 7.90. The molecule has 0 spiro atoms. The molecule has 1 fully saturated rings. The highest BCUT2D eigenvalue weighted by atomic mass is 32.2. The molecular formula is C12H18N2O3S. The summed E-state index contributed by atoms with van der Waals surface area (Å²) in [7, 11) is -3.30. The number of anilines is 2. The Labute approximate surface area is 107 Å². The number of aliphatic hydroxyl groups excluding tert-OH is 1. The average Bonchev–Trinajstić information content (AvgIpc) is 2.23. The van der Waals surface area contributed by atoms with Crippen molar-refractivity contribution in [3.8, 4) is 0 Å².